The summed E-state index contributed by atoms with van der Waals surface area (Å²) in [6.45, 7) is 1.97. The molecule has 29 heavy (non-hydrogen) atoms. The number of amides is 1. The molecule has 6 nitrogen and oxygen atoms in total. The number of nitrogens with one attached hydrogen (secondary N) is 1. The lowest BCUT2D eigenvalue weighted by Crippen LogP contribution is -2.20. The van der Waals surface area contributed by atoms with Gasteiger partial charge in [-0.2, -0.15) is 0 Å². The average Bonchev–Trinajstić information content (AvgIpc) is 3.16. The van der Waals surface area contributed by atoms with Gasteiger partial charge in [0, 0.05) is 6.20 Å². The number of thioether (sulfide) groups is 1. The number of ether oxygens (including phenoxy) is 1. The zero-order valence-corrected chi connectivity index (χ0v) is 16.9. The van der Waals surface area contributed by atoms with Crippen LogP contribution in [0.25, 0.3) is 5.65 Å². The fraction of sp³-hybridized carbons (Fsp3) is 0.136. The van der Waals surface area contributed by atoms with Crippen LogP contribution in [0.4, 0.5) is 5.69 Å². The molecule has 0 saturated heterocycles. The van der Waals surface area contributed by atoms with Crippen molar-refractivity contribution in [1.82, 2.24) is 14.6 Å². The van der Waals surface area contributed by atoms with E-state index >= 15 is 0 Å². The number of anilines is 1. The number of fused-ring (bicyclic) bond motifs is 1. The summed E-state index contributed by atoms with van der Waals surface area (Å²) >= 11 is 1.36. The van der Waals surface area contributed by atoms with Crippen molar-refractivity contribution in [2.24, 2.45) is 0 Å². The molecule has 146 valence electrons. The minimum Gasteiger partial charge on any atom is -0.495 e. The van der Waals surface area contributed by atoms with Gasteiger partial charge in [-0.3, -0.25) is 9.20 Å². The van der Waals surface area contributed by atoms with Crippen LogP contribution in [0.2, 0.25) is 0 Å². The summed E-state index contributed by atoms with van der Waals surface area (Å²) in [5.41, 5.74) is 3.30. The molecule has 4 rings (SSSR count). The molecule has 0 spiro atoms. The molecule has 0 radical (unpaired) electrons. The summed E-state index contributed by atoms with van der Waals surface area (Å²) in [5, 5.41) is 11.6. The van der Waals surface area contributed by atoms with Crippen LogP contribution in [0.5, 0.6) is 5.75 Å². The second kappa shape index (κ2) is 8.36. The average molecular weight is 404 g/mol. The fourth-order valence-corrected chi connectivity index (χ4v) is 4.05. The molecule has 4 aromatic rings. The number of carbonyl (C=O) groups is 1. The number of rotatable bonds is 6. The highest BCUT2D eigenvalue weighted by atomic mass is 32.2. The number of benzene rings is 2. The number of hydrogen-bond acceptors (Lipinski definition) is 5. The van der Waals surface area contributed by atoms with E-state index in [9.17, 15) is 4.79 Å². The Bertz CT molecular complexity index is 1140. The Kier molecular flexibility index (Phi) is 5.48. The van der Waals surface area contributed by atoms with Crippen LogP contribution >= 0.6 is 11.8 Å². The van der Waals surface area contributed by atoms with Crippen molar-refractivity contribution in [2.75, 3.05) is 12.4 Å². The van der Waals surface area contributed by atoms with E-state index in [2.05, 4.69) is 15.5 Å². The predicted molar refractivity (Wildman–Crippen MR) is 114 cm³/mol. The van der Waals surface area contributed by atoms with Gasteiger partial charge in [-0.15, -0.1) is 10.2 Å². The van der Waals surface area contributed by atoms with Crippen LogP contribution in [0, 0.1) is 6.92 Å². The second-order valence-electron chi connectivity index (χ2n) is 6.51. The van der Waals surface area contributed by atoms with Gasteiger partial charge in [0.25, 0.3) is 0 Å². The zero-order valence-electron chi connectivity index (χ0n) is 16.1. The first-order valence-electron chi connectivity index (χ1n) is 9.12. The van der Waals surface area contributed by atoms with Gasteiger partial charge in [-0.25, -0.2) is 0 Å². The molecule has 2 aromatic heterocycles. The maximum Gasteiger partial charge on any atom is 0.242 e. The molecule has 2 heterocycles. The van der Waals surface area contributed by atoms with Gasteiger partial charge in [0.15, 0.2) is 10.8 Å². The highest BCUT2D eigenvalue weighted by Crippen LogP contribution is 2.36. The van der Waals surface area contributed by atoms with Gasteiger partial charge in [0.05, 0.1) is 12.8 Å². The number of carbonyl (C=O) groups excluding carboxylic acids is 1. The number of nitrogens with zero attached hydrogens (tertiary/aromatic N) is 3. The Hall–Kier alpha value is -3.32. The summed E-state index contributed by atoms with van der Waals surface area (Å²) in [6.07, 6.45) is 1.89. The van der Waals surface area contributed by atoms with Crippen molar-refractivity contribution in [3.8, 4) is 5.75 Å². The van der Waals surface area contributed by atoms with Crippen LogP contribution in [-0.4, -0.2) is 27.6 Å². The lowest BCUT2D eigenvalue weighted by molar-refractivity contribution is -0.115. The van der Waals surface area contributed by atoms with E-state index in [-0.39, 0.29) is 5.91 Å². The summed E-state index contributed by atoms with van der Waals surface area (Å²) in [5.74, 6) is 0.464. The standard InChI is InChI=1S/C22H20N4O2S/c1-15-11-12-18(28-2)17(14-15)23-21(27)20(16-8-4-3-5-9-16)29-22-25-24-19-10-6-7-13-26(19)22/h3-14,20H,1-2H3,(H,23,27)/t20-/m1/s1. The van der Waals surface area contributed by atoms with Crippen molar-refractivity contribution in [2.45, 2.75) is 17.3 Å². The molecule has 7 heteroatoms. The number of aromatic nitrogens is 3. The summed E-state index contributed by atoms with van der Waals surface area (Å²) in [6, 6.07) is 21.0. The van der Waals surface area contributed by atoms with Crippen molar-refractivity contribution in [1.29, 1.82) is 0 Å². The summed E-state index contributed by atoms with van der Waals surface area (Å²) in [4.78, 5) is 13.3. The van der Waals surface area contributed by atoms with Gasteiger partial charge in [-0.05, 0) is 42.3 Å². The van der Waals surface area contributed by atoms with Gasteiger partial charge in [0.2, 0.25) is 5.91 Å². The Morgan fingerprint density at radius 2 is 1.86 bits per heavy atom. The maximum atomic E-state index is 13.3. The highest BCUT2D eigenvalue weighted by Gasteiger charge is 2.25. The van der Waals surface area contributed by atoms with Gasteiger partial charge < -0.3 is 10.1 Å². The van der Waals surface area contributed by atoms with Gasteiger partial charge in [0.1, 0.15) is 11.0 Å². The highest BCUT2D eigenvalue weighted by molar-refractivity contribution is 8.00. The van der Waals surface area contributed by atoms with Gasteiger partial charge in [-0.1, -0.05) is 54.2 Å². The Morgan fingerprint density at radius 1 is 1.07 bits per heavy atom. The lowest BCUT2D eigenvalue weighted by Gasteiger charge is -2.17. The predicted octanol–water partition coefficient (Wildman–Crippen LogP) is 4.52. The number of methoxy groups -OCH3 is 1. The first kappa shape index (κ1) is 19.0. The Morgan fingerprint density at radius 3 is 2.66 bits per heavy atom. The molecule has 0 aliphatic carbocycles. The van der Waals surface area contributed by atoms with E-state index in [1.807, 2.05) is 84.3 Å². The van der Waals surface area contributed by atoms with E-state index < -0.39 is 5.25 Å². The quantitative estimate of drug-likeness (QED) is 0.479. The molecule has 0 saturated carbocycles. The normalized spacial score (nSPS) is 11.9. The van der Waals surface area contributed by atoms with Crippen molar-refractivity contribution in [3.63, 3.8) is 0 Å². The molecule has 2 aromatic carbocycles. The monoisotopic (exact) mass is 404 g/mol. The smallest absolute Gasteiger partial charge is 0.242 e. The molecular formula is C22H20N4O2S. The van der Waals surface area contributed by atoms with Gasteiger partial charge >= 0.3 is 0 Å². The van der Waals surface area contributed by atoms with E-state index in [0.717, 1.165) is 16.8 Å². The Balaban J connectivity index is 1.68. The number of aryl methyl sites for hydroxylation is 1. The van der Waals surface area contributed by atoms with E-state index in [4.69, 9.17) is 4.74 Å². The molecule has 1 amide bonds. The molecule has 0 aliphatic heterocycles. The van der Waals surface area contributed by atoms with E-state index in [1.165, 1.54) is 11.8 Å². The lowest BCUT2D eigenvalue weighted by atomic mass is 10.1. The topological polar surface area (TPSA) is 68.5 Å². The van der Waals surface area contributed by atoms with Crippen LogP contribution in [0.3, 0.4) is 0 Å². The minimum absolute atomic E-state index is 0.155. The fourth-order valence-electron chi connectivity index (χ4n) is 3.02. The van der Waals surface area contributed by atoms with Crippen LogP contribution < -0.4 is 10.1 Å². The van der Waals surface area contributed by atoms with E-state index in [0.29, 0.717) is 16.6 Å². The van der Waals surface area contributed by atoms with Crippen LogP contribution in [0.1, 0.15) is 16.4 Å². The molecule has 1 atom stereocenters. The molecule has 0 bridgehead atoms. The molecular weight excluding hydrogens is 384 g/mol. The summed E-state index contributed by atoms with van der Waals surface area (Å²) in [7, 11) is 1.59. The number of hydrogen-bond donors (Lipinski definition) is 1. The van der Waals surface area contributed by atoms with Crippen LogP contribution in [-0.2, 0) is 4.79 Å². The van der Waals surface area contributed by atoms with Crippen molar-refractivity contribution >= 4 is 29.0 Å². The summed E-state index contributed by atoms with van der Waals surface area (Å²) < 4.78 is 7.28. The third-order valence-corrected chi connectivity index (χ3v) is 5.67. The zero-order chi connectivity index (χ0) is 20.2. The largest absolute Gasteiger partial charge is 0.495 e. The first-order valence-corrected chi connectivity index (χ1v) is 10.0. The maximum absolute atomic E-state index is 13.3. The third kappa shape index (κ3) is 4.09. The Labute approximate surface area is 172 Å². The van der Waals surface area contributed by atoms with E-state index in [1.54, 1.807) is 7.11 Å². The van der Waals surface area contributed by atoms with Crippen molar-refractivity contribution in [3.05, 3.63) is 84.1 Å². The molecule has 0 aliphatic rings. The molecule has 1 N–H and O–H groups in total. The molecule has 0 unspecified atom stereocenters. The van der Waals surface area contributed by atoms with Crippen molar-refractivity contribution < 1.29 is 9.53 Å². The number of pyridine rings is 1. The first-order chi connectivity index (χ1) is 14.2. The third-order valence-electron chi connectivity index (χ3n) is 4.46. The second-order valence-corrected chi connectivity index (χ2v) is 7.59. The van der Waals surface area contributed by atoms with Crippen LogP contribution in [0.15, 0.2) is 78.1 Å². The SMILES string of the molecule is COc1ccc(C)cc1NC(=O)[C@H](Sc1nnc2ccccn12)c1ccccc1. The minimum atomic E-state index is -0.506. The molecule has 0 fully saturated rings.